The average molecular weight is 197 g/mol. The quantitative estimate of drug-likeness (QED) is 0.518. The molecule has 0 spiro atoms. The molecule has 0 bridgehead atoms. The van der Waals surface area contributed by atoms with Crippen LogP contribution in [0.15, 0.2) is 0 Å². The van der Waals surface area contributed by atoms with E-state index in [9.17, 15) is 0 Å². The zero-order valence-corrected chi connectivity index (χ0v) is 9.25. The zero-order chi connectivity index (χ0) is 9.57. The van der Waals surface area contributed by atoms with E-state index in [1.165, 1.54) is 25.8 Å². The van der Waals surface area contributed by atoms with E-state index >= 15 is 0 Å². The number of hydrogen-bond acceptors (Lipinski definition) is 2. The highest BCUT2D eigenvalue weighted by Gasteiger charge is 2.35. The highest BCUT2D eigenvalue weighted by Crippen LogP contribution is 2.42. The van der Waals surface area contributed by atoms with Crippen molar-refractivity contribution in [1.82, 2.24) is 5.32 Å². The Bertz CT molecular complexity index is 174. The van der Waals surface area contributed by atoms with E-state index in [1.807, 2.05) is 11.8 Å². The van der Waals surface area contributed by atoms with Crippen LogP contribution in [-0.2, 0) is 0 Å². The summed E-state index contributed by atoms with van der Waals surface area (Å²) >= 11 is 2.02. The Labute approximate surface area is 86.1 Å². The molecule has 13 heavy (non-hydrogen) atoms. The topological polar surface area (TPSA) is 12.0 Å². The second-order valence-electron chi connectivity index (χ2n) is 3.73. The summed E-state index contributed by atoms with van der Waals surface area (Å²) in [4.78, 5) is 0. The minimum Gasteiger partial charge on any atom is -0.315 e. The minimum atomic E-state index is 0.566. The third-order valence-electron chi connectivity index (χ3n) is 2.82. The molecule has 1 aliphatic carbocycles. The first kappa shape index (κ1) is 10.9. The van der Waals surface area contributed by atoms with Gasteiger partial charge in [0.1, 0.15) is 0 Å². The number of rotatable bonds is 6. The van der Waals surface area contributed by atoms with E-state index in [2.05, 4.69) is 17.5 Å². The fraction of sp³-hybridized carbons (Fsp3) is 0.818. The fourth-order valence-corrected chi connectivity index (χ4v) is 2.60. The molecule has 1 fully saturated rings. The highest BCUT2D eigenvalue weighted by molar-refractivity contribution is 8.00. The third kappa shape index (κ3) is 3.25. The van der Waals surface area contributed by atoms with E-state index < -0.39 is 0 Å². The van der Waals surface area contributed by atoms with Crippen molar-refractivity contribution in [2.75, 3.05) is 19.3 Å². The lowest BCUT2D eigenvalue weighted by Gasteiger charge is -2.40. The van der Waals surface area contributed by atoms with Gasteiger partial charge in [-0.1, -0.05) is 6.42 Å². The lowest BCUT2D eigenvalue weighted by atomic mass is 9.84. The van der Waals surface area contributed by atoms with Crippen molar-refractivity contribution in [1.29, 1.82) is 0 Å². The summed E-state index contributed by atoms with van der Waals surface area (Å²) in [6, 6.07) is 0. The lowest BCUT2D eigenvalue weighted by Crippen LogP contribution is -2.43. The monoisotopic (exact) mass is 197 g/mol. The summed E-state index contributed by atoms with van der Waals surface area (Å²) < 4.78 is 0.566. The molecule has 0 radical (unpaired) electrons. The maximum absolute atomic E-state index is 5.18. The number of hydrogen-bond donors (Lipinski definition) is 1. The van der Waals surface area contributed by atoms with Gasteiger partial charge < -0.3 is 5.32 Å². The highest BCUT2D eigenvalue weighted by atomic mass is 32.2. The lowest BCUT2D eigenvalue weighted by molar-refractivity contribution is 0.346. The number of unbranched alkanes of at least 4 members (excludes halogenated alkanes) is 1. The normalized spacial score (nSPS) is 19.1. The van der Waals surface area contributed by atoms with Crippen LogP contribution in [0.3, 0.4) is 0 Å². The summed E-state index contributed by atoms with van der Waals surface area (Å²) in [6.45, 7) is 2.24. The van der Waals surface area contributed by atoms with Gasteiger partial charge in [0.05, 0.1) is 0 Å². The maximum atomic E-state index is 5.18. The largest absolute Gasteiger partial charge is 0.315 e. The molecule has 1 aliphatic rings. The van der Waals surface area contributed by atoms with Gasteiger partial charge in [0, 0.05) is 17.7 Å². The van der Waals surface area contributed by atoms with Crippen LogP contribution in [0.25, 0.3) is 0 Å². The van der Waals surface area contributed by atoms with Gasteiger partial charge in [-0.15, -0.1) is 12.3 Å². The van der Waals surface area contributed by atoms with Gasteiger partial charge in [-0.25, -0.2) is 0 Å². The van der Waals surface area contributed by atoms with E-state index in [4.69, 9.17) is 6.42 Å². The second-order valence-corrected chi connectivity index (χ2v) is 5.00. The predicted octanol–water partition coefficient (Wildman–Crippen LogP) is 2.28. The minimum absolute atomic E-state index is 0.566. The van der Waals surface area contributed by atoms with E-state index in [1.54, 1.807) is 0 Å². The maximum Gasteiger partial charge on any atom is 0.0281 e. The molecule has 0 aliphatic heterocycles. The van der Waals surface area contributed by atoms with Crippen molar-refractivity contribution in [3.8, 4) is 12.3 Å². The predicted molar refractivity (Wildman–Crippen MR) is 61.0 cm³/mol. The van der Waals surface area contributed by atoms with Crippen molar-refractivity contribution < 1.29 is 0 Å². The molecule has 0 atom stereocenters. The average Bonchev–Trinajstić information content (AvgIpc) is 2.09. The van der Waals surface area contributed by atoms with Gasteiger partial charge in [-0.3, -0.25) is 0 Å². The molecular weight excluding hydrogens is 178 g/mol. The molecule has 0 saturated heterocycles. The van der Waals surface area contributed by atoms with Gasteiger partial charge in [-0.05, 0) is 32.1 Å². The number of nitrogens with one attached hydrogen (secondary N) is 1. The Kier molecular flexibility index (Phi) is 4.69. The first-order valence-corrected chi connectivity index (χ1v) is 6.25. The Hall–Kier alpha value is -0.130. The number of thioether (sulfide) groups is 1. The molecule has 1 N–H and O–H groups in total. The summed E-state index contributed by atoms with van der Waals surface area (Å²) in [5.74, 6) is 2.66. The summed E-state index contributed by atoms with van der Waals surface area (Å²) in [5, 5.41) is 3.50. The van der Waals surface area contributed by atoms with Crippen LogP contribution in [0.2, 0.25) is 0 Å². The molecule has 0 unspecified atom stereocenters. The SMILES string of the molecule is C#CCCCNCC1(SC)CCC1. The van der Waals surface area contributed by atoms with E-state index in [-0.39, 0.29) is 0 Å². The van der Waals surface area contributed by atoms with Crippen LogP contribution in [0.4, 0.5) is 0 Å². The van der Waals surface area contributed by atoms with Gasteiger partial charge in [0.2, 0.25) is 0 Å². The van der Waals surface area contributed by atoms with Crippen molar-refractivity contribution >= 4 is 11.8 Å². The molecule has 1 saturated carbocycles. The van der Waals surface area contributed by atoms with Crippen LogP contribution in [0, 0.1) is 12.3 Å². The zero-order valence-electron chi connectivity index (χ0n) is 8.44. The Morgan fingerprint density at radius 1 is 1.54 bits per heavy atom. The standard InChI is InChI=1S/C11H19NS/c1-3-4-5-9-12-10-11(13-2)7-6-8-11/h1,12H,4-10H2,2H3. The van der Waals surface area contributed by atoms with Gasteiger partial charge in [-0.2, -0.15) is 11.8 Å². The van der Waals surface area contributed by atoms with Crippen molar-refractivity contribution in [2.24, 2.45) is 0 Å². The smallest absolute Gasteiger partial charge is 0.0281 e. The van der Waals surface area contributed by atoms with Crippen LogP contribution in [-0.4, -0.2) is 24.1 Å². The first-order chi connectivity index (χ1) is 6.33. The van der Waals surface area contributed by atoms with E-state index in [0.29, 0.717) is 4.75 Å². The Morgan fingerprint density at radius 2 is 2.31 bits per heavy atom. The van der Waals surface area contributed by atoms with E-state index in [0.717, 1.165) is 19.4 Å². The third-order valence-corrected chi connectivity index (χ3v) is 4.24. The summed E-state index contributed by atoms with van der Waals surface area (Å²) in [5.41, 5.74) is 0. The Morgan fingerprint density at radius 3 is 2.77 bits per heavy atom. The second kappa shape index (κ2) is 5.57. The van der Waals surface area contributed by atoms with Crippen LogP contribution < -0.4 is 5.32 Å². The van der Waals surface area contributed by atoms with Crippen LogP contribution in [0.1, 0.15) is 32.1 Å². The molecule has 2 heteroatoms. The molecular formula is C11H19NS. The molecule has 74 valence electrons. The first-order valence-electron chi connectivity index (χ1n) is 5.02. The van der Waals surface area contributed by atoms with Crippen molar-refractivity contribution in [3.05, 3.63) is 0 Å². The van der Waals surface area contributed by atoms with Crippen molar-refractivity contribution in [3.63, 3.8) is 0 Å². The van der Waals surface area contributed by atoms with Crippen LogP contribution in [0.5, 0.6) is 0 Å². The van der Waals surface area contributed by atoms with Crippen molar-refractivity contribution in [2.45, 2.75) is 36.9 Å². The summed E-state index contributed by atoms with van der Waals surface area (Å²) in [7, 11) is 0. The Balaban J connectivity index is 2.01. The molecule has 0 aromatic carbocycles. The molecule has 0 aromatic rings. The molecule has 0 aromatic heterocycles. The fourth-order valence-electron chi connectivity index (χ4n) is 1.66. The summed E-state index contributed by atoms with van der Waals surface area (Å²) in [6.07, 6.45) is 13.6. The number of terminal acetylenes is 1. The van der Waals surface area contributed by atoms with Gasteiger partial charge >= 0.3 is 0 Å². The molecule has 1 rings (SSSR count). The molecule has 1 nitrogen and oxygen atoms in total. The van der Waals surface area contributed by atoms with Gasteiger partial charge in [0.15, 0.2) is 0 Å². The van der Waals surface area contributed by atoms with Crippen LogP contribution >= 0.6 is 11.8 Å². The van der Waals surface area contributed by atoms with Gasteiger partial charge in [0.25, 0.3) is 0 Å². The molecule has 0 amide bonds. The molecule has 0 heterocycles.